The number of aliphatic hydroxyl groups excluding tert-OH is 1. The van der Waals surface area contributed by atoms with Gasteiger partial charge < -0.3 is 10.4 Å². The number of nitrogens with one attached hydrogen (secondary N) is 1. The molecular weight excluding hydrogens is 294 g/mol. The van der Waals surface area contributed by atoms with E-state index in [0.717, 1.165) is 5.56 Å². The summed E-state index contributed by atoms with van der Waals surface area (Å²) in [5.74, 6) is 0.465. The summed E-state index contributed by atoms with van der Waals surface area (Å²) in [5.41, 5.74) is 1.13. The first-order valence-electron chi connectivity index (χ1n) is 6.26. The number of rotatable bonds is 5. The largest absolute Gasteiger partial charge is 0.394 e. The van der Waals surface area contributed by atoms with E-state index >= 15 is 0 Å². The van der Waals surface area contributed by atoms with Gasteiger partial charge >= 0.3 is 0 Å². The van der Waals surface area contributed by atoms with Crippen LogP contribution < -0.4 is 5.32 Å². The van der Waals surface area contributed by atoms with Crippen LogP contribution >= 0.6 is 11.6 Å². The van der Waals surface area contributed by atoms with Crippen LogP contribution in [0.5, 0.6) is 0 Å². The van der Waals surface area contributed by atoms with Gasteiger partial charge in [-0.05, 0) is 30.7 Å². The maximum absolute atomic E-state index is 10.8. The Morgan fingerprint density at radius 2 is 2.00 bits per heavy atom. The Kier molecular flexibility index (Phi) is 4.72. The maximum atomic E-state index is 10.8. The zero-order valence-corrected chi connectivity index (χ0v) is 12.0. The van der Waals surface area contributed by atoms with E-state index in [-0.39, 0.29) is 18.3 Å². The molecule has 110 valence electrons. The van der Waals surface area contributed by atoms with Gasteiger partial charge in [-0.25, -0.2) is 4.98 Å². The van der Waals surface area contributed by atoms with Crippen LogP contribution in [0.2, 0.25) is 5.02 Å². The van der Waals surface area contributed by atoms with Crippen molar-refractivity contribution < 1.29 is 10.0 Å². The van der Waals surface area contributed by atoms with Crippen LogP contribution in [0.25, 0.3) is 0 Å². The molecule has 1 aromatic heterocycles. The Hall–Kier alpha value is -2.18. The maximum Gasteiger partial charge on any atom is 0.290 e. The predicted molar refractivity (Wildman–Crippen MR) is 80.5 cm³/mol. The SMILES string of the molecule is Cc1nc(NC(CO)c2ccc(Cl)cc2)ccc1[N+](=O)[O-]. The molecule has 0 aliphatic heterocycles. The summed E-state index contributed by atoms with van der Waals surface area (Å²) in [5, 5.41) is 23.9. The summed E-state index contributed by atoms with van der Waals surface area (Å²) >= 11 is 5.83. The molecule has 0 aliphatic carbocycles. The monoisotopic (exact) mass is 307 g/mol. The van der Waals surface area contributed by atoms with Crippen molar-refractivity contribution in [3.05, 3.63) is 62.8 Å². The van der Waals surface area contributed by atoms with Crippen molar-refractivity contribution >= 4 is 23.1 Å². The summed E-state index contributed by atoms with van der Waals surface area (Å²) in [6.45, 7) is 1.43. The number of hydrogen-bond acceptors (Lipinski definition) is 5. The number of halogens is 1. The quantitative estimate of drug-likeness (QED) is 0.654. The van der Waals surface area contributed by atoms with E-state index in [1.807, 2.05) is 0 Å². The topological polar surface area (TPSA) is 88.3 Å². The number of pyridine rings is 1. The molecule has 0 radical (unpaired) electrons. The first-order chi connectivity index (χ1) is 10.0. The molecule has 0 saturated carbocycles. The Labute approximate surface area is 126 Å². The first kappa shape index (κ1) is 15.2. The van der Waals surface area contributed by atoms with Crippen molar-refractivity contribution in [1.29, 1.82) is 0 Å². The molecule has 1 heterocycles. The lowest BCUT2D eigenvalue weighted by atomic mass is 10.1. The number of nitrogens with zero attached hydrogens (tertiary/aromatic N) is 2. The van der Waals surface area contributed by atoms with Gasteiger partial charge in [0.15, 0.2) is 0 Å². The third kappa shape index (κ3) is 3.68. The predicted octanol–water partition coefficient (Wildman–Crippen LogP) is 3.10. The Bertz CT molecular complexity index is 646. The van der Waals surface area contributed by atoms with Crippen molar-refractivity contribution in [3.8, 4) is 0 Å². The molecule has 6 nitrogen and oxygen atoms in total. The molecule has 1 aromatic carbocycles. The fourth-order valence-corrected chi connectivity index (χ4v) is 2.06. The molecule has 0 bridgehead atoms. The molecule has 0 amide bonds. The van der Waals surface area contributed by atoms with Crippen LogP contribution in [-0.4, -0.2) is 21.6 Å². The van der Waals surface area contributed by atoms with Gasteiger partial charge in [0.1, 0.15) is 11.5 Å². The van der Waals surface area contributed by atoms with Crippen LogP contribution in [0.3, 0.4) is 0 Å². The third-order valence-corrected chi connectivity index (χ3v) is 3.28. The number of aliphatic hydroxyl groups is 1. The minimum atomic E-state index is -0.477. The molecule has 2 rings (SSSR count). The van der Waals surface area contributed by atoms with Crippen LogP contribution in [-0.2, 0) is 0 Å². The molecule has 1 atom stereocenters. The van der Waals surface area contributed by atoms with E-state index in [2.05, 4.69) is 10.3 Å². The summed E-state index contributed by atoms with van der Waals surface area (Å²) in [4.78, 5) is 14.4. The van der Waals surface area contributed by atoms with Crippen LogP contribution in [0.15, 0.2) is 36.4 Å². The van der Waals surface area contributed by atoms with Crippen molar-refractivity contribution in [3.63, 3.8) is 0 Å². The number of hydrogen-bond donors (Lipinski definition) is 2. The highest BCUT2D eigenvalue weighted by atomic mass is 35.5. The fourth-order valence-electron chi connectivity index (χ4n) is 1.94. The van der Waals surface area contributed by atoms with Gasteiger partial charge in [-0.3, -0.25) is 10.1 Å². The molecule has 7 heteroatoms. The second-order valence-corrected chi connectivity index (χ2v) is 4.93. The summed E-state index contributed by atoms with van der Waals surface area (Å²) < 4.78 is 0. The van der Waals surface area contributed by atoms with Crippen molar-refractivity contribution in [1.82, 2.24) is 4.98 Å². The van der Waals surface area contributed by atoms with E-state index in [0.29, 0.717) is 16.5 Å². The van der Waals surface area contributed by atoms with E-state index < -0.39 is 4.92 Å². The summed E-state index contributed by atoms with van der Waals surface area (Å²) in [6.07, 6.45) is 0. The minimum absolute atomic E-state index is 0.0346. The number of aryl methyl sites for hydroxylation is 1. The van der Waals surface area contributed by atoms with Gasteiger partial charge in [0.2, 0.25) is 0 Å². The molecule has 0 saturated heterocycles. The summed E-state index contributed by atoms with van der Waals surface area (Å²) in [7, 11) is 0. The van der Waals surface area contributed by atoms with E-state index in [1.165, 1.54) is 12.1 Å². The van der Waals surface area contributed by atoms with Crippen LogP contribution in [0.4, 0.5) is 11.5 Å². The standard InChI is InChI=1S/C14H14ClN3O3/c1-9-13(18(20)21)6-7-14(16-9)17-12(8-19)10-2-4-11(15)5-3-10/h2-7,12,19H,8H2,1H3,(H,16,17). The molecule has 2 N–H and O–H groups in total. The van der Waals surface area contributed by atoms with Gasteiger partial charge in [0.25, 0.3) is 5.69 Å². The lowest BCUT2D eigenvalue weighted by molar-refractivity contribution is -0.385. The number of aromatic nitrogens is 1. The van der Waals surface area contributed by atoms with Crippen molar-refractivity contribution in [2.24, 2.45) is 0 Å². The van der Waals surface area contributed by atoms with E-state index in [1.54, 1.807) is 31.2 Å². The zero-order chi connectivity index (χ0) is 15.4. The normalized spacial score (nSPS) is 12.0. The highest BCUT2D eigenvalue weighted by Crippen LogP contribution is 2.23. The Morgan fingerprint density at radius 3 is 2.52 bits per heavy atom. The average Bonchev–Trinajstić information content (AvgIpc) is 2.45. The molecule has 0 fully saturated rings. The molecule has 21 heavy (non-hydrogen) atoms. The van der Waals surface area contributed by atoms with Crippen molar-refractivity contribution in [2.45, 2.75) is 13.0 Å². The Morgan fingerprint density at radius 1 is 1.33 bits per heavy atom. The van der Waals surface area contributed by atoms with E-state index in [4.69, 9.17) is 11.6 Å². The van der Waals surface area contributed by atoms with Gasteiger partial charge in [0.05, 0.1) is 17.6 Å². The fraction of sp³-hybridized carbons (Fsp3) is 0.214. The molecule has 0 aliphatic rings. The number of nitro groups is 1. The second kappa shape index (κ2) is 6.51. The zero-order valence-electron chi connectivity index (χ0n) is 11.3. The second-order valence-electron chi connectivity index (χ2n) is 4.49. The van der Waals surface area contributed by atoms with Crippen LogP contribution in [0.1, 0.15) is 17.3 Å². The lowest BCUT2D eigenvalue weighted by Gasteiger charge is -2.17. The molecule has 0 spiro atoms. The minimum Gasteiger partial charge on any atom is -0.394 e. The van der Waals surface area contributed by atoms with Gasteiger partial charge in [0, 0.05) is 11.1 Å². The highest BCUT2D eigenvalue weighted by molar-refractivity contribution is 6.30. The number of benzene rings is 1. The van der Waals surface area contributed by atoms with Crippen LogP contribution in [0, 0.1) is 17.0 Å². The third-order valence-electron chi connectivity index (χ3n) is 3.03. The van der Waals surface area contributed by atoms with E-state index in [9.17, 15) is 15.2 Å². The van der Waals surface area contributed by atoms with Gasteiger partial charge in [-0.1, -0.05) is 23.7 Å². The van der Waals surface area contributed by atoms with Gasteiger partial charge in [-0.2, -0.15) is 0 Å². The number of anilines is 1. The molecule has 2 aromatic rings. The lowest BCUT2D eigenvalue weighted by Crippen LogP contribution is -2.16. The average molecular weight is 308 g/mol. The summed E-state index contributed by atoms with van der Waals surface area (Å²) in [6, 6.07) is 9.61. The first-order valence-corrected chi connectivity index (χ1v) is 6.64. The van der Waals surface area contributed by atoms with Crippen molar-refractivity contribution in [2.75, 3.05) is 11.9 Å². The Balaban J connectivity index is 2.20. The molecular formula is C14H14ClN3O3. The van der Waals surface area contributed by atoms with Gasteiger partial charge in [-0.15, -0.1) is 0 Å². The highest BCUT2D eigenvalue weighted by Gasteiger charge is 2.15. The molecule has 1 unspecified atom stereocenters. The smallest absolute Gasteiger partial charge is 0.290 e.